The Morgan fingerprint density at radius 1 is 1.35 bits per heavy atom. The summed E-state index contributed by atoms with van der Waals surface area (Å²) in [5.41, 5.74) is 6.90. The Balaban J connectivity index is 2.33. The van der Waals surface area contributed by atoms with E-state index in [4.69, 9.17) is 10.5 Å². The summed E-state index contributed by atoms with van der Waals surface area (Å²) in [4.78, 5) is 12.3. The van der Waals surface area contributed by atoms with Gasteiger partial charge < -0.3 is 15.8 Å². The number of anilines is 2. The van der Waals surface area contributed by atoms with Gasteiger partial charge in [0.1, 0.15) is 17.1 Å². The molecule has 0 saturated carbocycles. The fourth-order valence-electron chi connectivity index (χ4n) is 1.74. The summed E-state index contributed by atoms with van der Waals surface area (Å²) in [5.74, 6) is -0.367. The van der Waals surface area contributed by atoms with Gasteiger partial charge in [0, 0.05) is 9.26 Å². The zero-order chi connectivity index (χ0) is 14.7. The molecule has 6 heteroatoms. The van der Waals surface area contributed by atoms with Crippen LogP contribution in [-0.4, -0.2) is 13.0 Å². The minimum absolute atomic E-state index is 0.259. The molecule has 2 aromatic rings. The highest BCUT2D eigenvalue weighted by molar-refractivity contribution is 14.1. The highest BCUT2D eigenvalue weighted by Gasteiger charge is 2.16. The fourth-order valence-corrected chi connectivity index (χ4v) is 2.35. The number of carbonyl (C=O) groups excluding carboxylic acids is 1. The van der Waals surface area contributed by atoms with E-state index in [1.165, 1.54) is 25.3 Å². The van der Waals surface area contributed by atoms with Crippen LogP contribution in [0.1, 0.15) is 10.4 Å². The number of halogens is 2. The molecule has 0 atom stereocenters. The van der Waals surface area contributed by atoms with E-state index in [0.29, 0.717) is 20.7 Å². The van der Waals surface area contributed by atoms with Crippen molar-refractivity contribution in [3.8, 4) is 5.75 Å². The number of nitrogens with one attached hydrogen (secondary N) is 1. The number of nitrogen functional groups attached to an aromatic ring is 1. The number of carbonyl (C=O) groups is 1. The molecule has 0 aromatic heterocycles. The van der Waals surface area contributed by atoms with Gasteiger partial charge in [0.25, 0.3) is 5.91 Å². The Labute approximate surface area is 129 Å². The monoisotopic (exact) mass is 386 g/mol. The van der Waals surface area contributed by atoms with Crippen molar-refractivity contribution in [1.29, 1.82) is 0 Å². The molecule has 0 aliphatic heterocycles. The third kappa shape index (κ3) is 3.01. The van der Waals surface area contributed by atoms with E-state index in [9.17, 15) is 9.18 Å². The maximum atomic E-state index is 13.0. The summed E-state index contributed by atoms with van der Waals surface area (Å²) in [7, 11) is 1.47. The first kappa shape index (κ1) is 14.6. The van der Waals surface area contributed by atoms with Crippen molar-refractivity contribution in [2.75, 3.05) is 18.2 Å². The molecule has 0 fully saturated rings. The number of ether oxygens (including phenoxy) is 1. The number of hydrogen-bond donors (Lipinski definition) is 2. The molecule has 0 aliphatic rings. The summed E-state index contributed by atoms with van der Waals surface area (Å²) < 4.78 is 18.8. The third-order valence-electron chi connectivity index (χ3n) is 2.68. The van der Waals surface area contributed by atoms with Gasteiger partial charge in [-0.25, -0.2) is 4.39 Å². The van der Waals surface area contributed by atoms with E-state index in [1.807, 2.05) is 22.6 Å². The highest BCUT2D eigenvalue weighted by Crippen LogP contribution is 2.26. The van der Waals surface area contributed by atoms with Gasteiger partial charge in [0.05, 0.1) is 12.8 Å². The van der Waals surface area contributed by atoms with Crippen molar-refractivity contribution in [2.45, 2.75) is 0 Å². The maximum Gasteiger partial charge on any atom is 0.261 e. The second-order valence-corrected chi connectivity index (χ2v) is 5.16. The third-order valence-corrected chi connectivity index (χ3v) is 3.58. The Bertz CT molecular complexity index is 662. The second-order valence-electron chi connectivity index (χ2n) is 4.00. The van der Waals surface area contributed by atoms with E-state index in [-0.39, 0.29) is 11.4 Å². The smallest absolute Gasteiger partial charge is 0.261 e. The van der Waals surface area contributed by atoms with Crippen LogP contribution in [0.4, 0.5) is 15.8 Å². The molecule has 0 spiro atoms. The number of amides is 1. The minimum Gasteiger partial charge on any atom is -0.496 e. The van der Waals surface area contributed by atoms with Crippen molar-refractivity contribution in [3.05, 3.63) is 51.3 Å². The molecule has 20 heavy (non-hydrogen) atoms. The van der Waals surface area contributed by atoms with Gasteiger partial charge in [0.2, 0.25) is 0 Å². The van der Waals surface area contributed by atoms with Crippen molar-refractivity contribution >= 4 is 39.9 Å². The minimum atomic E-state index is -0.399. The zero-order valence-electron chi connectivity index (χ0n) is 10.6. The average Bonchev–Trinajstić information content (AvgIpc) is 2.41. The van der Waals surface area contributed by atoms with Gasteiger partial charge in [-0.2, -0.15) is 0 Å². The van der Waals surface area contributed by atoms with Crippen molar-refractivity contribution in [3.63, 3.8) is 0 Å². The van der Waals surface area contributed by atoms with E-state index in [2.05, 4.69) is 5.32 Å². The van der Waals surface area contributed by atoms with E-state index >= 15 is 0 Å². The molecule has 2 rings (SSSR count). The summed E-state index contributed by atoms with van der Waals surface area (Å²) >= 11 is 1.95. The van der Waals surface area contributed by atoms with Gasteiger partial charge in [-0.1, -0.05) is 6.07 Å². The number of nitrogens with two attached hydrogens (primary N) is 1. The normalized spacial score (nSPS) is 10.2. The Morgan fingerprint density at radius 2 is 2.10 bits per heavy atom. The molecule has 0 unspecified atom stereocenters. The lowest BCUT2D eigenvalue weighted by atomic mass is 10.1. The molecule has 4 nitrogen and oxygen atoms in total. The first-order valence-electron chi connectivity index (χ1n) is 5.72. The quantitative estimate of drug-likeness (QED) is 0.629. The molecule has 0 radical (unpaired) electrons. The largest absolute Gasteiger partial charge is 0.496 e. The van der Waals surface area contributed by atoms with Crippen LogP contribution in [0, 0.1) is 9.39 Å². The van der Waals surface area contributed by atoms with Crippen LogP contribution >= 0.6 is 22.6 Å². The van der Waals surface area contributed by atoms with Crippen LogP contribution in [0.3, 0.4) is 0 Å². The number of hydrogen-bond acceptors (Lipinski definition) is 3. The van der Waals surface area contributed by atoms with E-state index in [0.717, 1.165) is 0 Å². The number of rotatable bonds is 3. The molecule has 0 saturated heterocycles. The molecule has 1 amide bonds. The van der Waals surface area contributed by atoms with Crippen LogP contribution in [0.15, 0.2) is 36.4 Å². The maximum absolute atomic E-state index is 13.0. The lowest BCUT2D eigenvalue weighted by Crippen LogP contribution is -2.16. The lowest BCUT2D eigenvalue weighted by molar-refractivity contribution is 0.102. The summed E-state index contributed by atoms with van der Waals surface area (Å²) in [6, 6.07) is 9.09. The second kappa shape index (κ2) is 6.08. The standard InChI is InChI=1S/C14H12FIN2O2/c1-20-12-4-2-3-10(17)13(12)14(19)18-11-6-5-8(15)7-9(11)16/h2-7H,17H2,1H3,(H,18,19). The van der Waals surface area contributed by atoms with Crippen LogP contribution < -0.4 is 15.8 Å². The van der Waals surface area contributed by atoms with E-state index in [1.54, 1.807) is 18.2 Å². The van der Waals surface area contributed by atoms with Gasteiger partial charge in [0.15, 0.2) is 0 Å². The lowest BCUT2D eigenvalue weighted by Gasteiger charge is -2.12. The first-order chi connectivity index (χ1) is 9.52. The topological polar surface area (TPSA) is 64.3 Å². The summed E-state index contributed by atoms with van der Waals surface area (Å²) in [6.45, 7) is 0. The SMILES string of the molecule is COc1cccc(N)c1C(=O)Nc1ccc(F)cc1I. The fraction of sp³-hybridized carbons (Fsp3) is 0.0714. The van der Waals surface area contributed by atoms with Gasteiger partial charge in [-0.3, -0.25) is 4.79 Å². The molecular weight excluding hydrogens is 374 g/mol. The summed E-state index contributed by atoms with van der Waals surface area (Å²) in [6.07, 6.45) is 0. The molecule has 3 N–H and O–H groups in total. The first-order valence-corrected chi connectivity index (χ1v) is 6.79. The van der Waals surface area contributed by atoms with Crippen molar-refractivity contribution < 1.29 is 13.9 Å². The van der Waals surface area contributed by atoms with Crippen molar-refractivity contribution in [1.82, 2.24) is 0 Å². The Kier molecular flexibility index (Phi) is 4.43. The molecule has 2 aromatic carbocycles. The number of benzene rings is 2. The van der Waals surface area contributed by atoms with Crippen LogP contribution in [-0.2, 0) is 0 Å². The van der Waals surface area contributed by atoms with Crippen LogP contribution in [0.25, 0.3) is 0 Å². The highest BCUT2D eigenvalue weighted by atomic mass is 127. The average molecular weight is 386 g/mol. The number of methoxy groups -OCH3 is 1. The summed E-state index contributed by atoms with van der Waals surface area (Å²) in [5, 5.41) is 2.70. The molecule has 104 valence electrons. The molecule has 0 aliphatic carbocycles. The van der Waals surface area contributed by atoms with Gasteiger partial charge in [-0.15, -0.1) is 0 Å². The van der Waals surface area contributed by atoms with Crippen LogP contribution in [0.2, 0.25) is 0 Å². The molecular formula is C14H12FIN2O2. The molecule has 0 bridgehead atoms. The van der Waals surface area contributed by atoms with Crippen molar-refractivity contribution in [2.24, 2.45) is 0 Å². The molecule has 0 heterocycles. The van der Waals surface area contributed by atoms with Crippen LogP contribution in [0.5, 0.6) is 5.75 Å². The van der Waals surface area contributed by atoms with E-state index < -0.39 is 5.91 Å². The van der Waals surface area contributed by atoms with Gasteiger partial charge >= 0.3 is 0 Å². The Hall–Kier alpha value is -1.83. The zero-order valence-corrected chi connectivity index (χ0v) is 12.8. The predicted octanol–water partition coefficient (Wildman–Crippen LogP) is 3.27. The van der Waals surface area contributed by atoms with Gasteiger partial charge in [-0.05, 0) is 52.9 Å². The Morgan fingerprint density at radius 3 is 2.75 bits per heavy atom. The predicted molar refractivity (Wildman–Crippen MR) is 84.5 cm³/mol.